The molecule has 0 amide bonds. The molecule has 1 atom stereocenters. The van der Waals surface area contributed by atoms with Gasteiger partial charge in [-0.3, -0.25) is 9.29 Å². The van der Waals surface area contributed by atoms with Crippen molar-refractivity contribution in [2.24, 2.45) is 17.8 Å². The number of fused-ring (bicyclic) bond motifs is 2. The maximum Gasteiger partial charge on any atom is 0.137 e. The van der Waals surface area contributed by atoms with Crippen molar-refractivity contribution in [2.75, 3.05) is 26.9 Å². The summed E-state index contributed by atoms with van der Waals surface area (Å²) in [6.45, 7) is 9.31. The minimum atomic E-state index is -0.217. The normalized spacial score (nSPS) is 17.7. The Bertz CT molecular complexity index is 1250. The van der Waals surface area contributed by atoms with Crippen molar-refractivity contribution < 1.29 is 9.13 Å². The zero-order valence-electron chi connectivity index (χ0n) is 23.0. The third-order valence-corrected chi connectivity index (χ3v) is 8.35. The lowest BCUT2D eigenvalue weighted by Gasteiger charge is -2.37. The molecule has 5 heteroatoms. The number of imidazole rings is 1. The predicted molar refractivity (Wildman–Crippen MR) is 150 cm³/mol. The van der Waals surface area contributed by atoms with Crippen LogP contribution >= 0.6 is 0 Å². The predicted octanol–water partition coefficient (Wildman–Crippen LogP) is 7.34. The van der Waals surface area contributed by atoms with Crippen molar-refractivity contribution >= 4 is 11.2 Å². The van der Waals surface area contributed by atoms with Gasteiger partial charge in [0.25, 0.3) is 0 Å². The van der Waals surface area contributed by atoms with Crippen LogP contribution in [0.15, 0.2) is 48.3 Å². The van der Waals surface area contributed by atoms with Crippen molar-refractivity contribution in [1.29, 1.82) is 0 Å². The van der Waals surface area contributed by atoms with Crippen LogP contribution in [0.3, 0.4) is 0 Å². The molecular formula is C32H42FN3O. The van der Waals surface area contributed by atoms with E-state index in [1.165, 1.54) is 47.9 Å². The van der Waals surface area contributed by atoms with Gasteiger partial charge in [-0.05, 0) is 84.0 Å². The summed E-state index contributed by atoms with van der Waals surface area (Å²) >= 11 is 0. The molecule has 0 bridgehead atoms. The van der Waals surface area contributed by atoms with Crippen LogP contribution in [-0.2, 0) is 13.0 Å². The molecule has 0 spiro atoms. The van der Waals surface area contributed by atoms with Gasteiger partial charge in [-0.1, -0.05) is 45.3 Å². The number of nitrogens with zero attached hydrogens (tertiary/aromatic N) is 3. The first kappa shape index (κ1) is 26.0. The number of ether oxygens (including phenoxy) is 1. The van der Waals surface area contributed by atoms with Crippen molar-refractivity contribution in [3.8, 4) is 5.75 Å². The molecule has 0 radical (unpaired) electrons. The first-order chi connectivity index (χ1) is 18.0. The number of rotatable bonds is 10. The number of aromatic nitrogens is 2. The summed E-state index contributed by atoms with van der Waals surface area (Å²) in [6.07, 6.45) is 11.4. The van der Waals surface area contributed by atoms with E-state index in [0.29, 0.717) is 11.8 Å². The van der Waals surface area contributed by atoms with Gasteiger partial charge < -0.3 is 9.14 Å². The summed E-state index contributed by atoms with van der Waals surface area (Å²) in [4.78, 5) is 7.27. The van der Waals surface area contributed by atoms with Gasteiger partial charge in [0.1, 0.15) is 11.4 Å². The van der Waals surface area contributed by atoms with E-state index in [2.05, 4.69) is 72.8 Å². The highest BCUT2D eigenvalue weighted by molar-refractivity contribution is 5.85. The zero-order chi connectivity index (χ0) is 25.9. The maximum atomic E-state index is 12.9. The summed E-state index contributed by atoms with van der Waals surface area (Å²) in [5.41, 5.74) is 9.05. The number of pyridine rings is 1. The Morgan fingerprint density at radius 1 is 1.14 bits per heavy atom. The van der Waals surface area contributed by atoms with Crippen LogP contribution in [0, 0.1) is 17.8 Å². The lowest BCUT2D eigenvalue weighted by Crippen LogP contribution is -2.46. The molecule has 1 aromatic carbocycles. The van der Waals surface area contributed by atoms with Crippen LogP contribution in [-0.4, -0.2) is 41.2 Å². The lowest BCUT2D eigenvalue weighted by molar-refractivity contribution is 0.0727. The van der Waals surface area contributed by atoms with Gasteiger partial charge in [0.05, 0.1) is 19.5 Å². The topological polar surface area (TPSA) is 29.8 Å². The average molecular weight is 504 g/mol. The molecule has 5 rings (SSSR count). The second-order valence-corrected chi connectivity index (χ2v) is 11.4. The van der Waals surface area contributed by atoms with E-state index in [-0.39, 0.29) is 12.6 Å². The number of alkyl halides is 1. The SMILES string of the molecule is CCCCC(C1=C(c2ccn3cc(CN4CC(CF)C4)nc3c2)c2ccc(OC)cc2CCC1)C(C)C. The second kappa shape index (κ2) is 11.4. The van der Waals surface area contributed by atoms with Crippen LogP contribution < -0.4 is 4.74 Å². The molecule has 2 aliphatic rings. The van der Waals surface area contributed by atoms with Gasteiger partial charge in [-0.2, -0.15) is 0 Å². The summed E-state index contributed by atoms with van der Waals surface area (Å²) < 4.78 is 20.6. The Morgan fingerprint density at radius 3 is 2.70 bits per heavy atom. The fourth-order valence-electron chi connectivity index (χ4n) is 6.36. The highest BCUT2D eigenvalue weighted by Gasteiger charge is 2.28. The van der Waals surface area contributed by atoms with Crippen molar-refractivity contribution in [2.45, 2.75) is 65.8 Å². The first-order valence-corrected chi connectivity index (χ1v) is 14.2. The highest BCUT2D eigenvalue weighted by Crippen LogP contribution is 2.42. The largest absolute Gasteiger partial charge is 0.497 e. The number of unbranched alkanes of at least 4 members (excludes halogenated alkanes) is 1. The Labute approximate surface area is 221 Å². The number of halogens is 1. The number of benzene rings is 1. The monoisotopic (exact) mass is 503 g/mol. The molecule has 2 aromatic heterocycles. The van der Waals surface area contributed by atoms with Crippen molar-refractivity contribution in [3.05, 3.63) is 70.7 Å². The van der Waals surface area contributed by atoms with E-state index >= 15 is 0 Å². The van der Waals surface area contributed by atoms with Crippen LogP contribution in [0.2, 0.25) is 0 Å². The Morgan fingerprint density at radius 2 is 1.97 bits per heavy atom. The molecule has 3 heterocycles. The molecule has 198 valence electrons. The fourth-order valence-corrected chi connectivity index (χ4v) is 6.36. The maximum absolute atomic E-state index is 12.9. The molecule has 0 saturated carbocycles. The van der Waals surface area contributed by atoms with Crippen LogP contribution in [0.5, 0.6) is 5.75 Å². The highest BCUT2D eigenvalue weighted by atomic mass is 19.1. The Kier molecular flexibility index (Phi) is 7.99. The number of hydrogen-bond donors (Lipinski definition) is 0. The molecule has 37 heavy (non-hydrogen) atoms. The average Bonchev–Trinajstić information content (AvgIpc) is 3.18. The number of allylic oxidation sites excluding steroid dienone is 1. The van der Waals surface area contributed by atoms with E-state index in [9.17, 15) is 4.39 Å². The smallest absolute Gasteiger partial charge is 0.137 e. The van der Waals surface area contributed by atoms with Gasteiger partial charge in [0.15, 0.2) is 0 Å². The minimum absolute atomic E-state index is 0.199. The number of hydrogen-bond acceptors (Lipinski definition) is 3. The zero-order valence-corrected chi connectivity index (χ0v) is 23.0. The molecule has 1 unspecified atom stereocenters. The molecule has 1 saturated heterocycles. The number of likely N-dealkylation sites (tertiary alicyclic amines) is 1. The van der Waals surface area contributed by atoms with Crippen molar-refractivity contribution in [3.63, 3.8) is 0 Å². The van der Waals surface area contributed by atoms with Crippen molar-refractivity contribution in [1.82, 2.24) is 14.3 Å². The summed E-state index contributed by atoms with van der Waals surface area (Å²) in [7, 11) is 1.75. The summed E-state index contributed by atoms with van der Waals surface area (Å²) in [5.74, 6) is 2.30. The van der Waals surface area contributed by atoms with E-state index < -0.39 is 0 Å². The fraction of sp³-hybridized carbons (Fsp3) is 0.531. The molecule has 1 aliphatic carbocycles. The van der Waals surface area contributed by atoms with E-state index in [1.54, 1.807) is 12.7 Å². The summed E-state index contributed by atoms with van der Waals surface area (Å²) in [5, 5.41) is 0. The number of methoxy groups -OCH3 is 1. The number of aryl methyl sites for hydroxylation is 1. The minimum Gasteiger partial charge on any atom is -0.497 e. The Balaban J connectivity index is 1.58. The van der Waals surface area contributed by atoms with Crippen LogP contribution in [0.4, 0.5) is 4.39 Å². The third kappa shape index (κ3) is 5.47. The molecular weight excluding hydrogens is 461 g/mol. The quantitative estimate of drug-likeness (QED) is 0.290. The molecule has 1 fully saturated rings. The van der Waals surface area contributed by atoms with Gasteiger partial charge in [0.2, 0.25) is 0 Å². The Hall–Kier alpha value is -2.66. The molecule has 1 aliphatic heterocycles. The van der Waals surface area contributed by atoms with E-state index in [1.807, 2.05) is 0 Å². The third-order valence-electron chi connectivity index (χ3n) is 8.35. The van der Waals surface area contributed by atoms with Gasteiger partial charge in [-0.15, -0.1) is 0 Å². The first-order valence-electron chi connectivity index (χ1n) is 14.2. The van der Waals surface area contributed by atoms with Gasteiger partial charge in [-0.25, -0.2) is 4.98 Å². The van der Waals surface area contributed by atoms with Gasteiger partial charge in [0, 0.05) is 37.9 Å². The van der Waals surface area contributed by atoms with E-state index in [4.69, 9.17) is 9.72 Å². The second-order valence-electron chi connectivity index (χ2n) is 11.4. The van der Waals surface area contributed by atoms with Crippen LogP contribution in [0.25, 0.3) is 11.2 Å². The molecule has 0 N–H and O–H groups in total. The van der Waals surface area contributed by atoms with Gasteiger partial charge >= 0.3 is 0 Å². The summed E-state index contributed by atoms with van der Waals surface area (Å²) in [6, 6.07) is 11.2. The lowest BCUT2D eigenvalue weighted by atomic mass is 9.78. The van der Waals surface area contributed by atoms with E-state index in [0.717, 1.165) is 49.6 Å². The molecule has 4 nitrogen and oxygen atoms in total. The standard InChI is InChI=1S/C32H42FN3O/c1-5-6-9-28(22(2)3)30-10-7-8-24-15-27(37-4)11-12-29(24)32(30)25-13-14-36-21-26(34-31(36)16-25)20-35-18-23(17-33)19-35/h11-16,21-23,28H,5-10,17-20H2,1-4H3. The van der Waals surface area contributed by atoms with Crippen LogP contribution in [0.1, 0.15) is 75.3 Å². The molecule has 3 aromatic rings.